The average Bonchev–Trinajstić information content (AvgIpc) is 3.03. The topological polar surface area (TPSA) is 72.5 Å². The standard InChI is InChI=1S/C19H29O7P/c1-19(2,3)17(14-23-10-9-21-4)18(22-5)15-7-6-8-16(13-15)26-27(20)24-11-12-25-27/h6-8,13H,9-12,14H2,1-5H3. The van der Waals surface area contributed by atoms with Crippen LogP contribution in [0.2, 0.25) is 0 Å². The molecule has 0 N–H and O–H groups in total. The van der Waals surface area contributed by atoms with Gasteiger partial charge in [-0.3, -0.25) is 9.05 Å². The van der Waals surface area contributed by atoms with Crippen LogP contribution in [0.3, 0.4) is 0 Å². The molecule has 0 bridgehead atoms. The third kappa shape index (κ3) is 6.33. The molecule has 0 saturated carbocycles. The summed E-state index contributed by atoms with van der Waals surface area (Å²) in [6.45, 7) is 8.23. The van der Waals surface area contributed by atoms with E-state index < -0.39 is 7.82 Å². The zero-order valence-corrected chi connectivity index (χ0v) is 17.5. The van der Waals surface area contributed by atoms with Crippen LogP contribution in [0.4, 0.5) is 0 Å². The van der Waals surface area contributed by atoms with Crippen LogP contribution in [-0.2, 0) is 27.8 Å². The van der Waals surface area contributed by atoms with E-state index in [1.807, 2.05) is 6.07 Å². The summed E-state index contributed by atoms with van der Waals surface area (Å²) in [7, 11) is -0.269. The summed E-state index contributed by atoms with van der Waals surface area (Å²) in [5, 5.41) is 0. The van der Waals surface area contributed by atoms with E-state index >= 15 is 0 Å². The number of phosphoric ester groups is 1. The van der Waals surface area contributed by atoms with Gasteiger partial charge < -0.3 is 18.7 Å². The first-order valence-corrected chi connectivity index (χ1v) is 10.3. The number of phosphoric acid groups is 1. The monoisotopic (exact) mass is 400 g/mol. The number of ether oxygens (including phenoxy) is 3. The Balaban J connectivity index is 2.30. The van der Waals surface area contributed by atoms with Crippen LogP contribution in [0.15, 0.2) is 29.8 Å². The van der Waals surface area contributed by atoms with Crippen LogP contribution in [0, 0.1) is 5.41 Å². The van der Waals surface area contributed by atoms with Gasteiger partial charge in [0.1, 0.15) is 11.5 Å². The molecule has 8 heteroatoms. The molecule has 1 heterocycles. The van der Waals surface area contributed by atoms with E-state index in [2.05, 4.69) is 20.8 Å². The summed E-state index contributed by atoms with van der Waals surface area (Å²) in [5.74, 6) is 1.08. The van der Waals surface area contributed by atoms with Crippen molar-refractivity contribution in [1.82, 2.24) is 0 Å². The van der Waals surface area contributed by atoms with Gasteiger partial charge in [0.15, 0.2) is 0 Å². The fourth-order valence-corrected chi connectivity index (χ4v) is 3.71. The second-order valence-corrected chi connectivity index (χ2v) is 8.63. The Morgan fingerprint density at radius 1 is 1.15 bits per heavy atom. The molecule has 1 aliphatic rings. The van der Waals surface area contributed by atoms with Crippen molar-refractivity contribution in [2.24, 2.45) is 5.41 Å². The molecule has 0 atom stereocenters. The SMILES string of the molecule is COCCOCC(=C(OC)c1cccc(OP2(=O)OCCO2)c1)C(C)(C)C. The molecule has 1 aliphatic heterocycles. The molecule has 2 rings (SSSR count). The van der Waals surface area contributed by atoms with Crippen LogP contribution in [0.1, 0.15) is 26.3 Å². The Labute approximate surface area is 161 Å². The Hall–Kier alpha value is -1.37. The first-order valence-electron chi connectivity index (χ1n) is 8.82. The molecule has 0 aliphatic carbocycles. The third-order valence-corrected chi connectivity index (χ3v) is 5.39. The highest BCUT2D eigenvalue weighted by molar-refractivity contribution is 7.49. The van der Waals surface area contributed by atoms with E-state index in [1.54, 1.807) is 32.4 Å². The van der Waals surface area contributed by atoms with E-state index in [-0.39, 0.29) is 18.6 Å². The molecule has 0 aromatic heterocycles. The molecule has 27 heavy (non-hydrogen) atoms. The number of benzene rings is 1. The van der Waals surface area contributed by atoms with Crippen molar-refractivity contribution in [2.75, 3.05) is 47.3 Å². The second kappa shape index (κ2) is 9.71. The van der Waals surface area contributed by atoms with Gasteiger partial charge in [0, 0.05) is 18.2 Å². The molecule has 1 aromatic carbocycles. The highest BCUT2D eigenvalue weighted by Crippen LogP contribution is 2.52. The summed E-state index contributed by atoms with van der Waals surface area (Å²) in [5.41, 5.74) is 1.61. The number of methoxy groups -OCH3 is 2. The normalized spacial score (nSPS) is 17.5. The molecule has 0 spiro atoms. The number of hydrogen-bond acceptors (Lipinski definition) is 7. The van der Waals surface area contributed by atoms with Crippen LogP contribution in [0.25, 0.3) is 5.76 Å². The zero-order valence-electron chi connectivity index (χ0n) is 16.6. The molecule has 7 nitrogen and oxygen atoms in total. The molecule has 1 aromatic rings. The first-order chi connectivity index (χ1) is 12.8. The molecule has 0 amide bonds. The molecule has 1 fully saturated rings. The summed E-state index contributed by atoms with van der Waals surface area (Å²) >= 11 is 0. The fourth-order valence-electron chi connectivity index (χ4n) is 2.57. The molecule has 0 radical (unpaired) electrons. The Morgan fingerprint density at radius 3 is 2.44 bits per heavy atom. The molecule has 0 unspecified atom stereocenters. The van der Waals surface area contributed by atoms with Crippen molar-refractivity contribution >= 4 is 13.6 Å². The van der Waals surface area contributed by atoms with Crippen molar-refractivity contribution < 1.29 is 32.3 Å². The smallest absolute Gasteiger partial charge is 0.496 e. The van der Waals surface area contributed by atoms with Crippen molar-refractivity contribution in [3.8, 4) is 5.75 Å². The van der Waals surface area contributed by atoms with E-state index in [9.17, 15) is 4.57 Å². The minimum atomic E-state index is -3.53. The van der Waals surface area contributed by atoms with Gasteiger partial charge in [-0.1, -0.05) is 32.9 Å². The van der Waals surface area contributed by atoms with Crippen LogP contribution >= 0.6 is 7.82 Å². The molecular weight excluding hydrogens is 371 g/mol. The highest BCUT2D eigenvalue weighted by atomic mass is 31.2. The summed E-state index contributed by atoms with van der Waals surface area (Å²) in [6, 6.07) is 7.16. The van der Waals surface area contributed by atoms with Gasteiger partial charge in [0.05, 0.1) is 40.1 Å². The lowest BCUT2D eigenvalue weighted by Gasteiger charge is -2.26. The lowest BCUT2D eigenvalue weighted by Crippen LogP contribution is -2.18. The van der Waals surface area contributed by atoms with Crippen LogP contribution < -0.4 is 4.52 Å². The van der Waals surface area contributed by atoms with Crippen molar-refractivity contribution in [1.29, 1.82) is 0 Å². The van der Waals surface area contributed by atoms with Crippen molar-refractivity contribution in [2.45, 2.75) is 20.8 Å². The second-order valence-electron chi connectivity index (χ2n) is 7.04. The van der Waals surface area contributed by atoms with Gasteiger partial charge in [-0.25, -0.2) is 4.57 Å². The van der Waals surface area contributed by atoms with Gasteiger partial charge >= 0.3 is 7.82 Å². The molecular formula is C19H29O7P. The predicted molar refractivity (Wildman–Crippen MR) is 103 cm³/mol. The van der Waals surface area contributed by atoms with Crippen molar-refractivity contribution in [3.05, 3.63) is 35.4 Å². The number of hydrogen-bond donors (Lipinski definition) is 0. The largest absolute Gasteiger partial charge is 0.530 e. The maximum atomic E-state index is 12.3. The first kappa shape index (κ1) is 21.9. The average molecular weight is 400 g/mol. The molecule has 152 valence electrons. The van der Waals surface area contributed by atoms with Gasteiger partial charge in [0.2, 0.25) is 0 Å². The Bertz CT molecular complexity index is 684. The maximum absolute atomic E-state index is 12.3. The van der Waals surface area contributed by atoms with E-state index in [4.69, 9.17) is 27.8 Å². The van der Waals surface area contributed by atoms with Crippen LogP contribution in [0.5, 0.6) is 5.75 Å². The van der Waals surface area contributed by atoms with Gasteiger partial charge in [-0.05, 0) is 17.5 Å². The third-order valence-electron chi connectivity index (χ3n) is 3.96. The highest BCUT2D eigenvalue weighted by Gasteiger charge is 2.34. The fraction of sp³-hybridized carbons (Fsp3) is 0.579. The lowest BCUT2D eigenvalue weighted by atomic mass is 9.84. The van der Waals surface area contributed by atoms with Gasteiger partial charge in [-0.15, -0.1) is 0 Å². The zero-order chi connectivity index (χ0) is 19.9. The summed E-state index contributed by atoms with van der Waals surface area (Å²) in [6.07, 6.45) is 0. The minimum absolute atomic E-state index is 0.181. The summed E-state index contributed by atoms with van der Waals surface area (Å²) in [4.78, 5) is 0. The van der Waals surface area contributed by atoms with E-state index in [1.165, 1.54) is 0 Å². The lowest BCUT2D eigenvalue weighted by molar-refractivity contribution is 0.0764. The van der Waals surface area contributed by atoms with E-state index in [0.717, 1.165) is 11.1 Å². The van der Waals surface area contributed by atoms with E-state index in [0.29, 0.717) is 31.3 Å². The maximum Gasteiger partial charge on any atom is 0.530 e. The predicted octanol–water partition coefficient (Wildman–Crippen LogP) is 4.29. The minimum Gasteiger partial charge on any atom is -0.496 e. The van der Waals surface area contributed by atoms with Gasteiger partial charge in [-0.2, -0.15) is 0 Å². The summed E-state index contributed by atoms with van der Waals surface area (Å²) < 4.78 is 44.4. The quantitative estimate of drug-likeness (QED) is 0.348. The molecule has 1 saturated heterocycles. The van der Waals surface area contributed by atoms with Crippen molar-refractivity contribution in [3.63, 3.8) is 0 Å². The Morgan fingerprint density at radius 2 is 1.85 bits per heavy atom. The number of rotatable bonds is 9. The Kier molecular flexibility index (Phi) is 7.89. The van der Waals surface area contributed by atoms with Crippen LogP contribution in [-0.4, -0.2) is 47.3 Å². The van der Waals surface area contributed by atoms with Gasteiger partial charge in [0.25, 0.3) is 0 Å².